The predicted octanol–water partition coefficient (Wildman–Crippen LogP) is 3.15. The monoisotopic (exact) mass is 267 g/mol. The molecule has 0 saturated carbocycles. The number of imidazole rings is 1. The van der Waals surface area contributed by atoms with Crippen LogP contribution in [0.2, 0.25) is 0 Å². The molecule has 1 N–H and O–H groups in total. The lowest BCUT2D eigenvalue weighted by Gasteiger charge is -2.08. The summed E-state index contributed by atoms with van der Waals surface area (Å²) < 4.78 is 8.05. The van der Waals surface area contributed by atoms with Crippen LogP contribution in [0.5, 0.6) is 11.6 Å². The predicted molar refractivity (Wildman–Crippen MR) is 79.2 cm³/mol. The first-order valence-electron chi connectivity index (χ1n) is 6.63. The number of fused-ring (bicyclic) bond motifs is 1. The average Bonchev–Trinajstić information content (AvgIpc) is 2.80. The van der Waals surface area contributed by atoms with E-state index in [9.17, 15) is 0 Å². The Balaban J connectivity index is 2.06. The van der Waals surface area contributed by atoms with Gasteiger partial charge >= 0.3 is 0 Å². The van der Waals surface area contributed by atoms with Gasteiger partial charge in [0.25, 0.3) is 0 Å². The van der Waals surface area contributed by atoms with Crippen molar-refractivity contribution in [3.63, 3.8) is 0 Å². The van der Waals surface area contributed by atoms with Crippen LogP contribution < -0.4 is 10.1 Å². The van der Waals surface area contributed by atoms with Crippen molar-refractivity contribution in [1.82, 2.24) is 14.7 Å². The Hall–Kier alpha value is -2.33. The van der Waals surface area contributed by atoms with Gasteiger partial charge in [0.15, 0.2) is 0 Å². The van der Waals surface area contributed by atoms with E-state index in [-0.39, 0.29) is 0 Å². The summed E-state index contributed by atoms with van der Waals surface area (Å²) in [5.41, 5.74) is 3.01. The van der Waals surface area contributed by atoms with Crippen molar-refractivity contribution in [3.8, 4) is 11.6 Å². The molecule has 0 fully saturated rings. The zero-order valence-electron chi connectivity index (χ0n) is 11.6. The zero-order valence-corrected chi connectivity index (χ0v) is 11.6. The van der Waals surface area contributed by atoms with Crippen molar-refractivity contribution in [2.75, 3.05) is 7.05 Å². The van der Waals surface area contributed by atoms with Gasteiger partial charge in [-0.15, -0.1) is 0 Å². The first-order valence-corrected chi connectivity index (χ1v) is 6.63. The molecule has 0 aliphatic heterocycles. The molecule has 0 atom stereocenters. The van der Waals surface area contributed by atoms with Crippen molar-refractivity contribution in [3.05, 3.63) is 59.9 Å². The molecule has 4 nitrogen and oxygen atoms in total. The van der Waals surface area contributed by atoms with Gasteiger partial charge < -0.3 is 10.1 Å². The molecule has 3 rings (SSSR count). The third-order valence-corrected chi connectivity index (χ3v) is 3.24. The summed E-state index contributed by atoms with van der Waals surface area (Å²) in [6.07, 6.45) is 2.00. The van der Waals surface area contributed by atoms with Crippen LogP contribution in [0.4, 0.5) is 0 Å². The lowest BCUT2D eigenvalue weighted by atomic mass is 10.2. The summed E-state index contributed by atoms with van der Waals surface area (Å²) in [5, 5.41) is 3.16. The van der Waals surface area contributed by atoms with Gasteiger partial charge in [-0.2, -0.15) is 4.98 Å². The topological polar surface area (TPSA) is 38.6 Å². The quantitative estimate of drug-likeness (QED) is 0.789. The Morgan fingerprint density at radius 2 is 1.95 bits per heavy atom. The molecule has 2 heterocycles. The highest BCUT2D eigenvalue weighted by Gasteiger charge is 2.13. The highest BCUT2D eigenvalue weighted by atomic mass is 16.5. The molecule has 102 valence electrons. The summed E-state index contributed by atoms with van der Waals surface area (Å²) >= 11 is 0. The van der Waals surface area contributed by atoms with E-state index >= 15 is 0 Å². The lowest BCUT2D eigenvalue weighted by Crippen LogP contribution is -2.08. The fraction of sp³-hybridized carbons (Fsp3) is 0.188. The molecule has 0 unspecified atom stereocenters. The molecule has 0 aliphatic rings. The second-order valence-corrected chi connectivity index (χ2v) is 4.69. The van der Waals surface area contributed by atoms with Crippen LogP contribution in [0.15, 0.2) is 48.7 Å². The molecule has 1 aromatic carbocycles. The van der Waals surface area contributed by atoms with Crippen LogP contribution in [0.25, 0.3) is 5.65 Å². The molecule has 3 aromatic rings. The maximum Gasteiger partial charge on any atom is 0.242 e. The Bertz CT molecular complexity index is 733. The van der Waals surface area contributed by atoms with Crippen molar-refractivity contribution in [2.45, 2.75) is 13.5 Å². The van der Waals surface area contributed by atoms with Crippen LogP contribution in [-0.4, -0.2) is 16.4 Å². The van der Waals surface area contributed by atoms with Crippen LogP contribution in [0.1, 0.15) is 11.3 Å². The minimum atomic E-state index is 0.653. The summed E-state index contributed by atoms with van der Waals surface area (Å²) in [5.74, 6) is 1.49. The third kappa shape index (κ3) is 2.26. The van der Waals surface area contributed by atoms with Gasteiger partial charge in [0.2, 0.25) is 5.88 Å². The normalized spacial score (nSPS) is 10.9. The smallest absolute Gasteiger partial charge is 0.242 e. The van der Waals surface area contributed by atoms with E-state index in [4.69, 9.17) is 4.74 Å². The molecule has 4 heteroatoms. The molecule has 0 radical (unpaired) electrons. The van der Waals surface area contributed by atoms with Crippen LogP contribution in [-0.2, 0) is 6.54 Å². The van der Waals surface area contributed by atoms with Gasteiger partial charge in [0.1, 0.15) is 17.1 Å². The minimum absolute atomic E-state index is 0.653. The Kier molecular flexibility index (Phi) is 3.39. The van der Waals surface area contributed by atoms with Crippen molar-refractivity contribution in [2.24, 2.45) is 0 Å². The molecule has 0 aliphatic carbocycles. The highest BCUT2D eigenvalue weighted by molar-refractivity contribution is 5.47. The Morgan fingerprint density at radius 3 is 2.75 bits per heavy atom. The van der Waals surface area contributed by atoms with Gasteiger partial charge in [-0.25, -0.2) is 0 Å². The minimum Gasteiger partial charge on any atom is -0.437 e. The summed E-state index contributed by atoms with van der Waals surface area (Å²) in [6.45, 7) is 2.73. The van der Waals surface area contributed by atoms with E-state index < -0.39 is 0 Å². The maximum absolute atomic E-state index is 6.01. The average molecular weight is 267 g/mol. The number of aromatic nitrogens is 2. The van der Waals surface area contributed by atoms with Gasteiger partial charge in [0, 0.05) is 12.7 Å². The second-order valence-electron chi connectivity index (χ2n) is 4.69. The number of aryl methyl sites for hydroxylation is 1. The third-order valence-electron chi connectivity index (χ3n) is 3.24. The van der Waals surface area contributed by atoms with E-state index in [1.54, 1.807) is 0 Å². The molecule has 0 saturated heterocycles. The van der Waals surface area contributed by atoms with E-state index in [2.05, 4.69) is 10.3 Å². The van der Waals surface area contributed by atoms with E-state index in [1.807, 2.05) is 67.0 Å². The molecular weight excluding hydrogens is 250 g/mol. The number of pyridine rings is 1. The van der Waals surface area contributed by atoms with Gasteiger partial charge in [0.05, 0.1) is 0 Å². The second kappa shape index (κ2) is 5.35. The number of rotatable bonds is 4. The fourth-order valence-electron chi connectivity index (χ4n) is 2.21. The molecule has 0 bridgehead atoms. The number of hydrogen-bond donors (Lipinski definition) is 1. The van der Waals surface area contributed by atoms with Crippen LogP contribution in [0.3, 0.4) is 0 Å². The number of benzene rings is 1. The van der Waals surface area contributed by atoms with Gasteiger partial charge in [-0.05, 0) is 37.7 Å². The summed E-state index contributed by atoms with van der Waals surface area (Å²) in [6, 6.07) is 13.9. The fourth-order valence-corrected chi connectivity index (χ4v) is 2.21. The van der Waals surface area contributed by atoms with Crippen molar-refractivity contribution < 1.29 is 4.74 Å². The maximum atomic E-state index is 6.01. The highest BCUT2D eigenvalue weighted by Crippen LogP contribution is 2.27. The number of nitrogens with one attached hydrogen (secondary N) is 1. The number of ether oxygens (including phenoxy) is 1. The number of hydrogen-bond acceptors (Lipinski definition) is 3. The zero-order chi connectivity index (χ0) is 13.9. The van der Waals surface area contributed by atoms with Crippen LogP contribution in [0, 0.1) is 6.92 Å². The van der Waals surface area contributed by atoms with Gasteiger partial charge in [-0.3, -0.25) is 4.40 Å². The lowest BCUT2D eigenvalue weighted by molar-refractivity contribution is 0.454. The summed E-state index contributed by atoms with van der Waals surface area (Å²) in [7, 11) is 1.92. The molecule has 0 amide bonds. The number of nitrogens with zero attached hydrogens (tertiary/aromatic N) is 2. The standard InChI is InChI=1S/C16H17N3O/c1-12-7-3-4-8-14(12)20-16-13(11-17-2)19-10-6-5-9-15(19)18-16/h3-10,17H,11H2,1-2H3. The molecule has 2 aromatic heterocycles. The van der Waals surface area contributed by atoms with Crippen LogP contribution >= 0.6 is 0 Å². The Labute approximate surface area is 118 Å². The molecule has 0 spiro atoms. The van der Waals surface area contributed by atoms with E-state index in [1.165, 1.54) is 0 Å². The van der Waals surface area contributed by atoms with E-state index in [0.717, 1.165) is 22.7 Å². The SMILES string of the molecule is CNCc1c(Oc2ccccc2C)nc2ccccn12. The molecule has 20 heavy (non-hydrogen) atoms. The largest absolute Gasteiger partial charge is 0.437 e. The molecular formula is C16H17N3O. The first-order chi connectivity index (χ1) is 9.79. The number of para-hydroxylation sites is 1. The van der Waals surface area contributed by atoms with E-state index in [0.29, 0.717) is 12.4 Å². The van der Waals surface area contributed by atoms with Crippen molar-refractivity contribution >= 4 is 5.65 Å². The van der Waals surface area contributed by atoms with Gasteiger partial charge in [-0.1, -0.05) is 24.3 Å². The summed E-state index contributed by atoms with van der Waals surface area (Å²) in [4.78, 5) is 4.57. The Morgan fingerprint density at radius 1 is 1.15 bits per heavy atom. The van der Waals surface area contributed by atoms with Crippen molar-refractivity contribution in [1.29, 1.82) is 0 Å². The first kappa shape index (κ1) is 12.7.